The molecule has 3 aromatic carbocycles. The first kappa shape index (κ1) is 25.6. The van der Waals surface area contributed by atoms with Gasteiger partial charge in [0.05, 0.1) is 15.5 Å². The normalized spacial score (nSPS) is 21.6. The highest BCUT2D eigenvalue weighted by Gasteiger charge is 2.44. The second-order valence-corrected chi connectivity index (χ2v) is 11.5. The molecule has 0 bridgehead atoms. The van der Waals surface area contributed by atoms with Crippen LogP contribution in [0.2, 0.25) is 10.0 Å². The molecule has 1 unspecified atom stereocenters. The van der Waals surface area contributed by atoms with E-state index in [1.54, 1.807) is 0 Å². The number of fused-ring (bicyclic) bond motifs is 4. The number of hydrogen-bond donors (Lipinski definition) is 0. The first-order chi connectivity index (χ1) is 17.6. The van der Waals surface area contributed by atoms with Crippen molar-refractivity contribution in [1.29, 1.82) is 0 Å². The summed E-state index contributed by atoms with van der Waals surface area (Å²) in [4.78, 5) is 2.33. The molecule has 4 heteroatoms. The summed E-state index contributed by atoms with van der Waals surface area (Å²) in [5, 5.41) is 3.76. The van der Waals surface area contributed by atoms with E-state index in [4.69, 9.17) is 23.2 Å². The number of benzene rings is 3. The molecule has 3 aromatic rings. The lowest BCUT2D eigenvalue weighted by Crippen LogP contribution is -2.26. The molecule has 37 heavy (non-hydrogen) atoms. The molecule has 0 saturated carbocycles. The number of anilines is 1. The van der Waals surface area contributed by atoms with Gasteiger partial charge in [0.25, 0.3) is 0 Å². The van der Waals surface area contributed by atoms with E-state index >= 15 is 0 Å². The summed E-state index contributed by atoms with van der Waals surface area (Å²) in [6.45, 7) is 10.9. The highest BCUT2D eigenvalue weighted by atomic mass is 35.5. The van der Waals surface area contributed by atoms with E-state index in [2.05, 4.69) is 118 Å². The molecule has 188 valence electrons. The molecule has 2 aliphatic heterocycles. The maximum Gasteiger partial charge on any atom is 0.211 e. The average molecular weight is 529 g/mol. The fourth-order valence-electron chi connectivity index (χ4n) is 6.22. The lowest BCUT2D eigenvalue weighted by molar-refractivity contribution is -0.401. The summed E-state index contributed by atoms with van der Waals surface area (Å²) in [5.74, 6) is 0. The monoisotopic (exact) mass is 527 g/mol. The van der Waals surface area contributed by atoms with Gasteiger partial charge in [-0.05, 0) is 61.7 Å². The number of hydrogen-bond acceptors (Lipinski definition) is 1. The van der Waals surface area contributed by atoms with Crippen LogP contribution in [0.1, 0.15) is 38.3 Å². The molecule has 2 nitrogen and oxygen atoms in total. The van der Waals surface area contributed by atoms with Gasteiger partial charge in [0.15, 0.2) is 5.71 Å². The molecule has 0 amide bonds. The smallest absolute Gasteiger partial charge is 0.211 e. The topological polar surface area (TPSA) is 6.25 Å². The number of allylic oxidation sites excluding steroid dienone is 7. The van der Waals surface area contributed by atoms with E-state index in [-0.39, 0.29) is 10.8 Å². The zero-order chi connectivity index (χ0) is 26.5. The average Bonchev–Trinajstić information content (AvgIpc) is 3.18. The molecule has 0 fully saturated rings. The molecule has 0 aromatic heterocycles. The number of likely N-dealkylation sites (N-methyl/N-ethyl adjacent to an activating group) is 1. The largest absolute Gasteiger partial charge is 0.347 e. The molecule has 2 aliphatic rings. The van der Waals surface area contributed by atoms with E-state index in [0.29, 0.717) is 10.0 Å². The maximum absolute atomic E-state index is 6.34. The predicted octanol–water partition coefficient (Wildman–Crippen LogP) is 9.13. The summed E-state index contributed by atoms with van der Waals surface area (Å²) < 4.78 is 2.20. The Morgan fingerprint density at radius 1 is 0.973 bits per heavy atom. The third-order valence-electron chi connectivity index (χ3n) is 8.10. The molecule has 5 rings (SSSR count). The summed E-state index contributed by atoms with van der Waals surface area (Å²) in [6.07, 6.45) is 13.7. The Labute approximate surface area is 230 Å². The van der Waals surface area contributed by atoms with Crippen molar-refractivity contribution in [1.82, 2.24) is 0 Å². The van der Waals surface area contributed by atoms with Gasteiger partial charge in [-0.2, -0.15) is 4.58 Å². The van der Waals surface area contributed by atoms with Crippen LogP contribution in [0.4, 0.5) is 11.4 Å². The standard InChI is InChI=1S/C33H33Cl2N2/c1-7-19-33(4)30(36(5)27-18-17-22-13-11-12-14-23(22)31(27)33)16-10-8-9-15-29-32(2,3)24-20-25(34)26(35)21-28(24)37(29)6/h7-18,20-21H,1,19H2,2-6H3/q+1. The van der Waals surface area contributed by atoms with Crippen LogP contribution in [-0.2, 0) is 10.8 Å². The van der Waals surface area contributed by atoms with Crippen molar-refractivity contribution < 1.29 is 4.58 Å². The SMILES string of the molecule is C=CCC1(C)\C(=C/C=C/C=C/C2=[N+](C)c3cc(Cl)c(Cl)cc3C2(C)C)N(C)c2ccc3ccccc3c21. The minimum absolute atomic E-state index is 0.149. The van der Waals surface area contributed by atoms with Gasteiger partial charge in [-0.15, -0.1) is 6.58 Å². The second kappa shape index (κ2) is 9.35. The van der Waals surface area contributed by atoms with Gasteiger partial charge in [0, 0.05) is 41.6 Å². The van der Waals surface area contributed by atoms with Crippen molar-refractivity contribution in [2.24, 2.45) is 0 Å². The van der Waals surface area contributed by atoms with E-state index < -0.39 is 0 Å². The summed E-state index contributed by atoms with van der Waals surface area (Å²) in [5.41, 5.74) is 7.08. The number of halogens is 2. The first-order valence-corrected chi connectivity index (χ1v) is 13.4. The van der Waals surface area contributed by atoms with Crippen LogP contribution in [0.5, 0.6) is 0 Å². The van der Waals surface area contributed by atoms with Gasteiger partial charge in [-0.3, -0.25) is 0 Å². The minimum Gasteiger partial charge on any atom is -0.347 e. The van der Waals surface area contributed by atoms with E-state index in [9.17, 15) is 0 Å². The van der Waals surface area contributed by atoms with E-state index in [1.165, 1.54) is 39.0 Å². The Morgan fingerprint density at radius 2 is 1.70 bits per heavy atom. The van der Waals surface area contributed by atoms with Crippen LogP contribution >= 0.6 is 23.2 Å². The van der Waals surface area contributed by atoms with Crippen molar-refractivity contribution in [3.63, 3.8) is 0 Å². The fourth-order valence-corrected chi connectivity index (χ4v) is 6.54. The van der Waals surface area contributed by atoms with Crippen LogP contribution in [0.3, 0.4) is 0 Å². The van der Waals surface area contributed by atoms with Crippen molar-refractivity contribution in [3.8, 4) is 0 Å². The zero-order valence-corrected chi connectivity index (χ0v) is 23.7. The first-order valence-electron chi connectivity index (χ1n) is 12.6. The lowest BCUT2D eigenvalue weighted by atomic mass is 9.76. The summed E-state index contributed by atoms with van der Waals surface area (Å²) in [6, 6.07) is 17.1. The van der Waals surface area contributed by atoms with Crippen molar-refractivity contribution in [2.75, 3.05) is 19.0 Å². The van der Waals surface area contributed by atoms with E-state index in [0.717, 1.165) is 12.1 Å². The number of rotatable bonds is 5. The molecule has 0 radical (unpaired) electrons. The third kappa shape index (κ3) is 3.98. The molecular weight excluding hydrogens is 495 g/mol. The summed E-state index contributed by atoms with van der Waals surface area (Å²) in [7, 11) is 4.25. The highest BCUT2D eigenvalue weighted by molar-refractivity contribution is 6.42. The van der Waals surface area contributed by atoms with Gasteiger partial charge in [-0.25, -0.2) is 0 Å². The minimum atomic E-state index is -0.169. The molecule has 0 spiro atoms. The molecule has 1 atom stereocenters. The molecule has 2 heterocycles. The van der Waals surface area contributed by atoms with Gasteiger partial charge < -0.3 is 4.90 Å². The van der Waals surface area contributed by atoms with Crippen LogP contribution in [0.25, 0.3) is 10.8 Å². The van der Waals surface area contributed by atoms with Crippen molar-refractivity contribution in [3.05, 3.63) is 118 Å². The van der Waals surface area contributed by atoms with Gasteiger partial charge in [0.1, 0.15) is 7.05 Å². The van der Waals surface area contributed by atoms with Crippen LogP contribution in [-0.4, -0.2) is 24.4 Å². The van der Waals surface area contributed by atoms with Crippen molar-refractivity contribution >= 4 is 51.1 Å². The van der Waals surface area contributed by atoms with E-state index in [1.807, 2.05) is 18.2 Å². The maximum atomic E-state index is 6.34. The summed E-state index contributed by atoms with van der Waals surface area (Å²) >= 11 is 12.7. The van der Waals surface area contributed by atoms with Gasteiger partial charge in [-0.1, -0.05) is 77.8 Å². The number of nitrogens with zero attached hydrogens (tertiary/aromatic N) is 2. The molecule has 0 N–H and O–H groups in total. The van der Waals surface area contributed by atoms with Crippen molar-refractivity contribution in [2.45, 2.75) is 38.0 Å². The second-order valence-electron chi connectivity index (χ2n) is 10.7. The Kier molecular flexibility index (Phi) is 6.46. The molecule has 0 aliphatic carbocycles. The zero-order valence-electron chi connectivity index (χ0n) is 22.1. The van der Waals surface area contributed by atoms with Crippen LogP contribution in [0.15, 0.2) is 97.3 Å². The highest BCUT2D eigenvalue weighted by Crippen LogP contribution is 2.52. The molecule has 0 saturated heterocycles. The quantitative estimate of drug-likeness (QED) is 0.182. The third-order valence-corrected chi connectivity index (χ3v) is 8.83. The molecular formula is C33H33Cl2N2+. The van der Waals surface area contributed by atoms with Crippen LogP contribution in [0, 0.1) is 0 Å². The lowest BCUT2D eigenvalue weighted by Gasteiger charge is -2.28. The predicted molar refractivity (Wildman–Crippen MR) is 161 cm³/mol. The Morgan fingerprint density at radius 3 is 2.46 bits per heavy atom. The Hall–Kier alpha value is -3.07. The van der Waals surface area contributed by atoms with Gasteiger partial charge in [0.2, 0.25) is 5.69 Å². The van der Waals surface area contributed by atoms with Crippen LogP contribution < -0.4 is 4.90 Å². The Bertz CT molecular complexity index is 1550. The fraction of sp³-hybridized carbons (Fsp3) is 0.242. The Balaban J connectivity index is 1.47. The van der Waals surface area contributed by atoms with Gasteiger partial charge >= 0.3 is 0 Å².